The molecule has 2 atom stereocenters. The van der Waals surface area contributed by atoms with Crippen LogP contribution in [0.4, 0.5) is 0 Å². The third kappa shape index (κ3) is 3.82. The van der Waals surface area contributed by atoms with Gasteiger partial charge in [0.05, 0.1) is 7.11 Å². The molecule has 0 saturated heterocycles. The molecule has 0 aliphatic carbocycles. The quantitative estimate of drug-likeness (QED) is 0.652. The molecular formula is C14H16NO5P. The molecule has 21 heavy (non-hydrogen) atoms. The second kappa shape index (κ2) is 6.26. The zero-order chi connectivity index (χ0) is 15.5. The summed E-state index contributed by atoms with van der Waals surface area (Å²) in [5.41, 5.74) is 0. The van der Waals surface area contributed by atoms with Gasteiger partial charge in [-0.1, -0.05) is 36.4 Å². The Kier molecular flexibility index (Phi) is 4.63. The highest BCUT2D eigenvalue weighted by atomic mass is 31.2. The molecule has 0 amide bonds. The summed E-state index contributed by atoms with van der Waals surface area (Å²) in [5.74, 6) is -0.380. The number of hydrogen-bond acceptors (Lipinski definition) is 4. The highest BCUT2D eigenvalue weighted by Crippen LogP contribution is 2.41. The van der Waals surface area contributed by atoms with Gasteiger partial charge in [-0.3, -0.25) is 4.79 Å². The fourth-order valence-electron chi connectivity index (χ4n) is 1.91. The zero-order valence-electron chi connectivity index (χ0n) is 11.6. The molecular weight excluding hydrogens is 293 g/mol. The summed E-state index contributed by atoms with van der Waals surface area (Å²) in [4.78, 5) is 21.1. The van der Waals surface area contributed by atoms with Crippen molar-refractivity contribution in [2.75, 3.05) is 7.11 Å². The normalized spacial score (nSPS) is 15.2. The first kappa shape index (κ1) is 15.5. The minimum absolute atomic E-state index is 0.267. The van der Waals surface area contributed by atoms with E-state index >= 15 is 0 Å². The van der Waals surface area contributed by atoms with Crippen LogP contribution >= 0.6 is 7.75 Å². The smallest absolute Gasteiger partial charge is 0.456 e. The Morgan fingerprint density at radius 1 is 1.24 bits per heavy atom. The molecule has 0 aromatic heterocycles. The van der Waals surface area contributed by atoms with Gasteiger partial charge in [-0.25, -0.2) is 4.57 Å². The predicted octanol–water partition coefficient (Wildman–Crippen LogP) is 2.47. The summed E-state index contributed by atoms with van der Waals surface area (Å²) in [7, 11) is -2.99. The number of fused-ring (bicyclic) bond motifs is 1. The van der Waals surface area contributed by atoms with E-state index in [-0.39, 0.29) is 5.75 Å². The number of ether oxygens (including phenoxy) is 1. The molecule has 0 bridgehead atoms. The van der Waals surface area contributed by atoms with Crippen molar-refractivity contribution in [1.82, 2.24) is 5.09 Å². The maximum Gasteiger partial charge on any atom is 0.456 e. The van der Waals surface area contributed by atoms with E-state index in [0.717, 1.165) is 5.39 Å². The molecule has 2 aromatic carbocycles. The second-order valence-electron chi connectivity index (χ2n) is 4.46. The molecule has 7 heteroatoms. The first-order valence-corrected chi connectivity index (χ1v) is 7.86. The maximum absolute atomic E-state index is 12.1. The molecule has 6 nitrogen and oxygen atoms in total. The van der Waals surface area contributed by atoms with Crippen molar-refractivity contribution < 1.29 is 23.5 Å². The van der Waals surface area contributed by atoms with E-state index in [1.54, 1.807) is 18.2 Å². The van der Waals surface area contributed by atoms with Crippen LogP contribution in [0.3, 0.4) is 0 Å². The van der Waals surface area contributed by atoms with Crippen molar-refractivity contribution in [2.45, 2.75) is 13.0 Å². The van der Waals surface area contributed by atoms with Gasteiger partial charge < -0.3 is 14.2 Å². The summed E-state index contributed by atoms with van der Waals surface area (Å²) in [5, 5.41) is 3.83. The van der Waals surface area contributed by atoms with Crippen molar-refractivity contribution in [3.63, 3.8) is 0 Å². The Balaban J connectivity index is 2.23. The number of benzene rings is 2. The van der Waals surface area contributed by atoms with Gasteiger partial charge in [0.2, 0.25) is 0 Å². The monoisotopic (exact) mass is 309 g/mol. The first-order valence-electron chi connectivity index (χ1n) is 6.29. The van der Waals surface area contributed by atoms with E-state index in [1.807, 2.05) is 24.3 Å². The fraction of sp³-hybridized carbons (Fsp3) is 0.214. The van der Waals surface area contributed by atoms with Crippen molar-refractivity contribution in [2.24, 2.45) is 0 Å². The van der Waals surface area contributed by atoms with Crippen LogP contribution in [-0.2, 0) is 14.1 Å². The summed E-state index contributed by atoms with van der Waals surface area (Å²) < 4.78 is 21.7. The van der Waals surface area contributed by atoms with Gasteiger partial charge in [0.25, 0.3) is 0 Å². The highest BCUT2D eigenvalue weighted by molar-refractivity contribution is 7.51. The van der Waals surface area contributed by atoms with Gasteiger partial charge in [-0.05, 0) is 18.4 Å². The van der Waals surface area contributed by atoms with Crippen LogP contribution in [0.1, 0.15) is 6.92 Å². The van der Waals surface area contributed by atoms with Gasteiger partial charge in [0.1, 0.15) is 11.8 Å². The molecule has 0 spiro atoms. The highest BCUT2D eigenvalue weighted by Gasteiger charge is 2.28. The Hall–Kier alpha value is -1.88. The van der Waals surface area contributed by atoms with Crippen LogP contribution < -0.4 is 9.61 Å². The third-order valence-electron chi connectivity index (χ3n) is 2.88. The first-order chi connectivity index (χ1) is 9.93. The molecule has 2 unspecified atom stereocenters. The summed E-state index contributed by atoms with van der Waals surface area (Å²) in [6.07, 6.45) is 0. The average molecular weight is 309 g/mol. The largest absolute Gasteiger partial charge is 0.468 e. The van der Waals surface area contributed by atoms with E-state index in [4.69, 9.17) is 4.52 Å². The molecule has 2 N–H and O–H groups in total. The lowest BCUT2D eigenvalue weighted by Crippen LogP contribution is -2.33. The van der Waals surface area contributed by atoms with Crippen LogP contribution in [-0.4, -0.2) is 24.0 Å². The number of methoxy groups -OCH3 is 1. The maximum atomic E-state index is 12.1. The molecule has 2 rings (SSSR count). The molecule has 0 radical (unpaired) electrons. The molecule has 0 aliphatic rings. The minimum Gasteiger partial charge on any atom is -0.468 e. The van der Waals surface area contributed by atoms with Crippen LogP contribution in [0.2, 0.25) is 0 Å². The van der Waals surface area contributed by atoms with Gasteiger partial charge in [0.15, 0.2) is 0 Å². The fourth-order valence-corrected chi connectivity index (χ4v) is 2.98. The number of nitrogens with one attached hydrogen (secondary N) is 1. The van der Waals surface area contributed by atoms with Crippen molar-refractivity contribution >= 4 is 24.5 Å². The molecule has 0 saturated carbocycles. The van der Waals surface area contributed by atoms with E-state index in [9.17, 15) is 14.3 Å². The van der Waals surface area contributed by atoms with E-state index in [2.05, 4.69) is 9.82 Å². The second-order valence-corrected chi connectivity index (χ2v) is 5.94. The number of hydrogen-bond donors (Lipinski definition) is 2. The SMILES string of the molecule is COC(=O)C(C)NP(=O)(O)Oc1cccc2ccccc12. The lowest BCUT2D eigenvalue weighted by molar-refractivity contribution is -0.142. The summed E-state index contributed by atoms with van der Waals surface area (Å²) in [6.45, 7) is 1.42. The molecule has 0 aliphatic heterocycles. The van der Waals surface area contributed by atoms with E-state index in [1.165, 1.54) is 14.0 Å². The van der Waals surface area contributed by atoms with E-state index < -0.39 is 19.8 Å². The number of rotatable bonds is 5. The van der Waals surface area contributed by atoms with Gasteiger partial charge in [-0.15, -0.1) is 0 Å². The number of carbonyl (C=O) groups is 1. The van der Waals surface area contributed by atoms with Crippen LogP contribution in [0.5, 0.6) is 5.75 Å². The minimum atomic E-state index is -4.19. The standard InChI is InChI=1S/C14H16NO5P/c1-10(14(16)19-2)15-21(17,18)20-13-9-5-7-11-6-3-4-8-12(11)13/h3-10H,1-2H3,(H2,15,17,18). The van der Waals surface area contributed by atoms with E-state index in [0.29, 0.717) is 5.39 Å². The Morgan fingerprint density at radius 3 is 2.62 bits per heavy atom. The van der Waals surface area contributed by atoms with Crippen molar-refractivity contribution in [3.8, 4) is 5.75 Å². The lowest BCUT2D eigenvalue weighted by Gasteiger charge is -2.18. The summed E-state index contributed by atoms with van der Waals surface area (Å²) >= 11 is 0. The van der Waals surface area contributed by atoms with Gasteiger partial charge in [-0.2, -0.15) is 5.09 Å². The topological polar surface area (TPSA) is 84.9 Å². The Morgan fingerprint density at radius 2 is 1.90 bits per heavy atom. The number of carbonyl (C=O) groups excluding carboxylic acids is 1. The lowest BCUT2D eigenvalue weighted by atomic mass is 10.1. The number of esters is 1. The Bertz CT molecular complexity index is 697. The van der Waals surface area contributed by atoms with Crippen LogP contribution in [0.25, 0.3) is 10.8 Å². The molecule has 0 heterocycles. The molecule has 0 fully saturated rings. The predicted molar refractivity (Wildman–Crippen MR) is 79.0 cm³/mol. The molecule has 112 valence electrons. The summed E-state index contributed by atoms with van der Waals surface area (Å²) in [6, 6.07) is 11.6. The average Bonchev–Trinajstić information content (AvgIpc) is 2.46. The van der Waals surface area contributed by atoms with Crippen molar-refractivity contribution in [1.29, 1.82) is 0 Å². The molecule has 2 aromatic rings. The zero-order valence-corrected chi connectivity index (χ0v) is 12.5. The van der Waals surface area contributed by atoms with Crippen LogP contribution in [0.15, 0.2) is 42.5 Å². The van der Waals surface area contributed by atoms with Gasteiger partial charge >= 0.3 is 13.7 Å². The van der Waals surface area contributed by atoms with Crippen molar-refractivity contribution in [3.05, 3.63) is 42.5 Å². The Labute approximate surface area is 122 Å². The third-order valence-corrected chi connectivity index (χ3v) is 4.04. The van der Waals surface area contributed by atoms with Gasteiger partial charge in [0, 0.05) is 5.39 Å². The van der Waals surface area contributed by atoms with Crippen LogP contribution in [0, 0.1) is 0 Å².